The number of rotatable bonds is 4. The zero-order chi connectivity index (χ0) is 32.3. The lowest BCUT2D eigenvalue weighted by molar-refractivity contribution is 1.08. The van der Waals surface area contributed by atoms with Gasteiger partial charge in [-0.3, -0.25) is 0 Å². The summed E-state index contributed by atoms with van der Waals surface area (Å²) in [5.41, 5.74) is 5.18. The van der Waals surface area contributed by atoms with Crippen molar-refractivity contribution in [3.05, 3.63) is 164 Å². The average molecular weight is 642 g/mol. The van der Waals surface area contributed by atoms with E-state index in [9.17, 15) is 0 Å². The molecule has 4 heteroatoms. The van der Waals surface area contributed by atoms with Crippen LogP contribution in [0.2, 0.25) is 0 Å². The Kier molecular flexibility index (Phi) is 6.36. The third-order valence-electron chi connectivity index (χ3n) is 9.52. The summed E-state index contributed by atoms with van der Waals surface area (Å²) in [6.45, 7) is 0. The van der Waals surface area contributed by atoms with Crippen LogP contribution in [0.25, 0.3) is 97.8 Å². The molecule has 0 fully saturated rings. The minimum Gasteiger partial charge on any atom is -0.208 e. The van der Waals surface area contributed by atoms with Gasteiger partial charge in [0.25, 0.3) is 0 Å². The van der Waals surface area contributed by atoms with E-state index in [2.05, 4.69) is 158 Å². The molecule has 0 unspecified atom stereocenters. The quantitative estimate of drug-likeness (QED) is 0.180. The molecule has 2 aromatic heterocycles. The molecule has 0 bridgehead atoms. The first-order valence-electron chi connectivity index (χ1n) is 16.5. The third kappa shape index (κ3) is 4.53. The Labute approximate surface area is 286 Å². The van der Waals surface area contributed by atoms with Crippen molar-refractivity contribution >= 4 is 63.8 Å². The Morgan fingerprint density at radius 3 is 1.78 bits per heavy atom. The molecule has 0 aliphatic rings. The predicted molar refractivity (Wildman–Crippen MR) is 207 cm³/mol. The lowest BCUT2D eigenvalue weighted by Gasteiger charge is -2.15. The number of nitrogens with zero attached hydrogens (tertiary/aromatic N) is 3. The van der Waals surface area contributed by atoms with Crippen molar-refractivity contribution in [1.29, 1.82) is 0 Å². The van der Waals surface area contributed by atoms with Crippen LogP contribution in [-0.4, -0.2) is 15.0 Å². The smallest absolute Gasteiger partial charge is 0.165 e. The van der Waals surface area contributed by atoms with Gasteiger partial charge in [-0.15, -0.1) is 11.3 Å². The standard InChI is InChI=1S/C45H27N3S/c1-2-13-28(14-3-1)31-17-8-9-21-37(31)43-46-44(38-23-12-22-36-34-20-10-11-24-40(34)49-42(36)38)48-45(47-43)39-27-30-16-5-6-18-32(30)35-26-25-29-15-4-7-19-33(29)41(35)39/h1-27H. The molecule has 0 amide bonds. The Balaban J connectivity index is 1.33. The molecule has 0 atom stereocenters. The monoisotopic (exact) mass is 641 g/mol. The van der Waals surface area contributed by atoms with E-state index in [4.69, 9.17) is 15.0 Å². The van der Waals surface area contributed by atoms with Gasteiger partial charge in [-0.1, -0.05) is 146 Å². The van der Waals surface area contributed by atoms with Gasteiger partial charge in [0.15, 0.2) is 17.5 Å². The van der Waals surface area contributed by atoms with Crippen molar-refractivity contribution in [2.75, 3.05) is 0 Å². The van der Waals surface area contributed by atoms with E-state index in [1.54, 1.807) is 11.3 Å². The molecule has 0 radical (unpaired) electrons. The molecule has 3 nitrogen and oxygen atoms in total. The van der Waals surface area contributed by atoms with Gasteiger partial charge < -0.3 is 0 Å². The average Bonchev–Trinajstić information content (AvgIpc) is 3.56. The first-order valence-corrected chi connectivity index (χ1v) is 17.3. The molecule has 49 heavy (non-hydrogen) atoms. The van der Waals surface area contributed by atoms with Crippen LogP contribution < -0.4 is 0 Å². The van der Waals surface area contributed by atoms with Gasteiger partial charge in [-0.2, -0.15) is 0 Å². The number of hydrogen-bond donors (Lipinski definition) is 0. The predicted octanol–water partition coefficient (Wildman–Crippen LogP) is 12.4. The van der Waals surface area contributed by atoms with E-state index >= 15 is 0 Å². The van der Waals surface area contributed by atoms with E-state index in [0.29, 0.717) is 17.5 Å². The number of hydrogen-bond acceptors (Lipinski definition) is 4. The molecule has 0 spiro atoms. The molecule has 10 aromatic rings. The lowest BCUT2D eigenvalue weighted by Crippen LogP contribution is -2.02. The number of aromatic nitrogens is 3. The fourth-order valence-corrected chi connectivity index (χ4v) is 8.48. The zero-order valence-corrected chi connectivity index (χ0v) is 27.2. The van der Waals surface area contributed by atoms with Gasteiger partial charge in [0.2, 0.25) is 0 Å². The van der Waals surface area contributed by atoms with Crippen LogP contribution in [0, 0.1) is 0 Å². The van der Waals surface area contributed by atoms with Gasteiger partial charge in [0, 0.05) is 42.2 Å². The van der Waals surface area contributed by atoms with Gasteiger partial charge in [0.05, 0.1) is 0 Å². The fourth-order valence-electron chi connectivity index (χ4n) is 7.27. The van der Waals surface area contributed by atoms with Crippen molar-refractivity contribution in [1.82, 2.24) is 15.0 Å². The van der Waals surface area contributed by atoms with Gasteiger partial charge in [-0.05, 0) is 56.3 Å². The number of thiophene rings is 1. The van der Waals surface area contributed by atoms with E-state index in [1.165, 1.54) is 41.7 Å². The second-order valence-corrected chi connectivity index (χ2v) is 13.4. The highest BCUT2D eigenvalue weighted by Crippen LogP contribution is 2.42. The largest absolute Gasteiger partial charge is 0.208 e. The fraction of sp³-hybridized carbons (Fsp3) is 0. The summed E-state index contributed by atoms with van der Waals surface area (Å²) in [6.07, 6.45) is 0. The summed E-state index contributed by atoms with van der Waals surface area (Å²) in [7, 11) is 0. The SMILES string of the molecule is c1ccc(-c2ccccc2-c2nc(-c3cccc4c3sc3ccccc34)nc(-c3cc4ccccc4c4ccc5ccccc5c34)n2)cc1. The second-order valence-electron chi connectivity index (χ2n) is 12.4. The van der Waals surface area contributed by atoms with Crippen LogP contribution in [0.4, 0.5) is 0 Å². The number of benzene rings is 8. The van der Waals surface area contributed by atoms with E-state index < -0.39 is 0 Å². The maximum atomic E-state index is 5.37. The van der Waals surface area contributed by atoms with Crippen molar-refractivity contribution in [3.63, 3.8) is 0 Å². The van der Waals surface area contributed by atoms with Crippen molar-refractivity contribution in [3.8, 4) is 45.3 Å². The van der Waals surface area contributed by atoms with E-state index in [1.807, 2.05) is 6.07 Å². The summed E-state index contributed by atoms with van der Waals surface area (Å²) in [5.74, 6) is 1.98. The first kappa shape index (κ1) is 27.8. The molecule has 0 aliphatic carbocycles. The molecule has 8 aromatic carbocycles. The second kappa shape index (κ2) is 11.2. The van der Waals surface area contributed by atoms with E-state index in [-0.39, 0.29) is 0 Å². The summed E-state index contributed by atoms with van der Waals surface area (Å²) < 4.78 is 2.43. The van der Waals surface area contributed by atoms with Crippen molar-refractivity contribution < 1.29 is 0 Å². The maximum Gasteiger partial charge on any atom is 0.165 e. The molecule has 10 rings (SSSR count). The molecule has 0 aliphatic heterocycles. The first-order chi connectivity index (χ1) is 24.3. The van der Waals surface area contributed by atoms with Crippen LogP contribution in [0.15, 0.2) is 164 Å². The van der Waals surface area contributed by atoms with Crippen LogP contribution in [0.1, 0.15) is 0 Å². The number of fused-ring (bicyclic) bond motifs is 8. The highest BCUT2D eigenvalue weighted by Gasteiger charge is 2.20. The molecule has 0 saturated heterocycles. The topological polar surface area (TPSA) is 38.7 Å². The Morgan fingerprint density at radius 1 is 0.347 bits per heavy atom. The zero-order valence-electron chi connectivity index (χ0n) is 26.3. The minimum atomic E-state index is 0.652. The van der Waals surface area contributed by atoms with Crippen LogP contribution >= 0.6 is 11.3 Å². The van der Waals surface area contributed by atoms with Crippen LogP contribution in [0.3, 0.4) is 0 Å². The lowest BCUT2D eigenvalue weighted by atomic mass is 9.92. The van der Waals surface area contributed by atoms with E-state index in [0.717, 1.165) is 38.6 Å². The Bertz CT molecular complexity index is 2890. The molecule has 228 valence electrons. The molecular formula is C45H27N3S. The highest BCUT2D eigenvalue weighted by atomic mass is 32.1. The third-order valence-corrected chi connectivity index (χ3v) is 10.7. The van der Waals surface area contributed by atoms with Gasteiger partial charge >= 0.3 is 0 Å². The highest BCUT2D eigenvalue weighted by molar-refractivity contribution is 7.26. The normalized spacial score (nSPS) is 11.7. The Morgan fingerprint density at radius 2 is 0.939 bits per heavy atom. The summed E-state index contributed by atoms with van der Waals surface area (Å²) in [5, 5.41) is 9.54. The van der Waals surface area contributed by atoms with Gasteiger partial charge in [0.1, 0.15) is 0 Å². The molecule has 0 saturated carbocycles. The molecule has 2 heterocycles. The van der Waals surface area contributed by atoms with Gasteiger partial charge in [-0.25, -0.2) is 15.0 Å². The van der Waals surface area contributed by atoms with Crippen molar-refractivity contribution in [2.24, 2.45) is 0 Å². The summed E-state index contributed by atoms with van der Waals surface area (Å²) in [6, 6.07) is 57.9. The van der Waals surface area contributed by atoms with Crippen LogP contribution in [-0.2, 0) is 0 Å². The molecule has 0 N–H and O–H groups in total. The Hall–Kier alpha value is -6.23. The minimum absolute atomic E-state index is 0.652. The maximum absolute atomic E-state index is 5.37. The van der Waals surface area contributed by atoms with Crippen LogP contribution in [0.5, 0.6) is 0 Å². The summed E-state index contributed by atoms with van der Waals surface area (Å²) >= 11 is 1.79. The molecular weight excluding hydrogens is 615 g/mol. The van der Waals surface area contributed by atoms with Crippen molar-refractivity contribution in [2.45, 2.75) is 0 Å². The summed E-state index contributed by atoms with van der Waals surface area (Å²) in [4.78, 5) is 16.0.